The molecule has 0 aliphatic heterocycles. The van der Waals surface area contributed by atoms with Gasteiger partial charge in [0, 0.05) is 18.0 Å². The highest BCUT2D eigenvalue weighted by molar-refractivity contribution is 7.91. The smallest absolute Gasteiger partial charge is 0.238 e. The molecule has 2 rings (SSSR count). The summed E-state index contributed by atoms with van der Waals surface area (Å²) in [5.41, 5.74) is 0.105. The second-order valence-corrected chi connectivity index (χ2v) is 5.27. The minimum Gasteiger partial charge on any atom is -0.266 e. The predicted octanol–water partition coefficient (Wildman–Crippen LogP) is 1.56. The van der Waals surface area contributed by atoms with E-state index in [1.165, 1.54) is 36.8 Å². The van der Waals surface area contributed by atoms with E-state index >= 15 is 0 Å². The van der Waals surface area contributed by atoms with Gasteiger partial charge in [-0.3, -0.25) is 9.71 Å². The summed E-state index contributed by atoms with van der Waals surface area (Å²) in [6, 6.07) is 5.72. The van der Waals surface area contributed by atoms with Gasteiger partial charge in [0.15, 0.2) is 5.82 Å². The number of hydrogen-bond acceptors (Lipinski definition) is 4. The molecule has 1 aromatic heterocycles. The molecule has 0 aliphatic rings. The monoisotopic (exact) mass is 267 g/mol. The molecule has 18 heavy (non-hydrogen) atoms. The van der Waals surface area contributed by atoms with E-state index in [9.17, 15) is 12.8 Å². The fourth-order valence-corrected chi connectivity index (χ4v) is 2.51. The highest BCUT2D eigenvalue weighted by atomic mass is 32.2. The first-order valence-electron chi connectivity index (χ1n) is 5.07. The minimum absolute atomic E-state index is 0.105. The van der Waals surface area contributed by atoms with Crippen molar-refractivity contribution in [2.24, 2.45) is 0 Å². The summed E-state index contributed by atoms with van der Waals surface area (Å²) in [4.78, 5) is 7.51. The Kier molecular flexibility index (Phi) is 3.52. The van der Waals surface area contributed by atoms with Crippen LogP contribution in [0.1, 0.15) is 5.56 Å². The highest BCUT2D eigenvalue weighted by Crippen LogP contribution is 2.12. The van der Waals surface area contributed by atoms with Gasteiger partial charge in [-0.1, -0.05) is 18.2 Å². The molecule has 0 unspecified atom stereocenters. The Balaban J connectivity index is 2.16. The van der Waals surface area contributed by atoms with Crippen molar-refractivity contribution >= 4 is 15.8 Å². The van der Waals surface area contributed by atoms with Gasteiger partial charge >= 0.3 is 0 Å². The van der Waals surface area contributed by atoms with Gasteiger partial charge in [0.1, 0.15) is 5.82 Å². The van der Waals surface area contributed by atoms with Crippen LogP contribution in [0.3, 0.4) is 0 Å². The molecule has 0 saturated heterocycles. The molecule has 0 fully saturated rings. The lowest BCUT2D eigenvalue weighted by molar-refractivity contribution is 0.591. The molecule has 1 aromatic carbocycles. The molecule has 5 nitrogen and oxygen atoms in total. The molecule has 7 heteroatoms. The maximum atomic E-state index is 13.3. The number of rotatable bonds is 4. The standard InChI is InChI=1S/C11H10FN3O2S/c12-10-4-2-1-3-9(10)8-18(16,17)15-11-7-13-5-6-14-11/h1-7H,8H2,(H,14,15). The third kappa shape index (κ3) is 3.24. The number of hydrogen-bond donors (Lipinski definition) is 1. The molecule has 0 amide bonds. The summed E-state index contributed by atoms with van der Waals surface area (Å²) in [6.45, 7) is 0. The first kappa shape index (κ1) is 12.4. The maximum Gasteiger partial charge on any atom is 0.238 e. The van der Waals surface area contributed by atoms with Crippen LogP contribution in [0.5, 0.6) is 0 Å². The quantitative estimate of drug-likeness (QED) is 0.912. The van der Waals surface area contributed by atoms with Gasteiger partial charge < -0.3 is 0 Å². The van der Waals surface area contributed by atoms with Gasteiger partial charge in [-0.25, -0.2) is 17.8 Å². The van der Waals surface area contributed by atoms with Crippen LogP contribution in [0.4, 0.5) is 10.2 Å². The van der Waals surface area contributed by atoms with E-state index in [0.29, 0.717) is 0 Å². The van der Waals surface area contributed by atoms with E-state index < -0.39 is 21.6 Å². The minimum atomic E-state index is -3.70. The molecule has 94 valence electrons. The normalized spacial score (nSPS) is 11.2. The van der Waals surface area contributed by atoms with Gasteiger partial charge in [-0.15, -0.1) is 0 Å². The fraction of sp³-hybridized carbons (Fsp3) is 0.0909. The van der Waals surface area contributed by atoms with Crippen molar-refractivity contribution < 1.29 is 12.8 Å². The number of anilines is 1. The molecule has 0 atom stereocenters. The molecule has 0 saturated carbocycles. The van der Waals surface area contributed by atoms with Crippen LogP contribution in [0.2, 0.25) is 0 Å². The lowest BCUT2D eigenvalue weighted by Crippen LogP contribution is -2.16. The van der Waals surface area contributed by atoms with Crippen molar-refractivity contribution in [2.45, 2.75) is 5.75 Å². The van der Waals surface area contributed by atoms with Crippen molar-refractivity contribution in [3.63, 3.8) is 0 Å². The van der Waals surface area contributed by atoms with Crippen LogP contribution in [-0.2, 0) is 15.8 Å². The zero-order valence-electron chi connectivity index (χ0n) is 9.25. The van der Waals surface area contributed by atoms with E-state index in [-0.39, 0.29) is 11.4 Å². The molecular weight excluding hydrogens is 257 g/mol. The number of benzene rings is 1. The molecule has 0 spiro atoms. The highest BCUT2D eigenvalue weighted by Gasteiger charge is 2.14. The summed E-state index contributed by atoms with van der Waals surface area (Å²) < 4.78 is 39.1. The third-order valence-electron chi connectivity index (χ3n) is 2.13. The predicted molar refractivity (Wildman–Crippen MR) is 64.7 cm³/mol. The SMILES string of the molecule is O=S(=O)(Cc1ccccc1F)Nc1cnccn1. The van der Waals surface area contributed by atoms with Crippen LogP contribution < -0.4 is 4.72 Å². The summed E-state index contributed by atoms with van der Waals surface area (Å²) >= 11 is 0. The Hall–Kier alpha value is -2.02. The first-order chi connectivity index (χ1) is 8.57. The Morgan fingerprint density at radius 1 is 1.22 bits per heavy atom. The van der Waals surface area contributed by atoms with Gasteiger partial charge in [0.25, 0.3) is 0 Å². The summed E-state index contributed by atoms with van der Waals surface area (Å²) in [5, 5.41) is 0. The average molecular weight is 267 g/mol. The zero-order valence-corrected chi connectivity index (χ0v) is 10.1. The second kappa shape index (κ2) is 5.09. The second-order valence-electron chi connectivity index (χ2n) is 3.54. The Bertz CT molecular complexity index is 632. The number of aromatic nitrogens is 2. The van der Waals surface area contributed by atoms with Crippen LogP contribution in [0.25, 0.3) is 0 Å². The van der Waals surface area contributed by atoms with Gasteiger partial charge in [0.2, 0.25) is 10.0 Å². The van der Waals surface area contributed by atoms with E-state index in [2.05, 4.69) is 14.7 Å². The van der Waals surface area contributed by atoms with Crippen LogP contribution in [0, 0.1) is 5.82 Å². The largest absolute Gasteiger partial charge is 0.266 e. The molecule has 0 bridgehead atoms. The molecule has 1 N–H and O–H groups in total. The summed E-state index contributed by atoms with van der Waals surface area (Å²) in [7, 11) is -3.70. The van der Waals surface area contributed by atoms with Crippen LogP contribution >= 0.6 is 0 Å². The molecule has 0 radical (unpaired) electrons. The van der Waals surface area contributed by atoms with Crippen molar-refractivity contribution in [2.75, 3.05) is 4.72 Å². The lowest BCUT2D eigenvalue weighted by Gasteiger charge is -2.07. The number of sulfonamides is 1. The van der Waals surface area contributed by atoms with Crippen molar-refractivity contribution in [3.05, 3.63) is 54.2 Å². The van der Waals surface area contributed by atoms with Crippen LogP contribution in [-0.4, -0.2) is 18.4 Å². The molecular formula is C11H10FN3O2S. The number of nitrogens with one attached hydrogen (secondary N) is 1. The van der Waals surface area contributed by atoms with E-state index in [0.717, 1.165) is 0 Å². The number of halogens is 1. The van der Waals surface area contributed by atoms with E-state index in [1.54, 1.807) is 6.07 Å². The van der Waals surface area contributed by atoms with Gasteiger partial charge in [-0.2, -0.15) is 0 Å². The number of nitrogens with zero attached hydrogens (tertiary/aromatic N) is 2. The van der Waals surface area contributed by atoms with Crippen LogP contribution in [0.15, 0.2) is 42.9 Å². The Morgan fingerprint density at radius 3 is 2.67 bits per heavy atom. The van der Waals surface area contributed by atoms with Crippen molar-refractivity contribution in [3.8, 4) is 0 Å². The topological polar surface area (TPSA) is 72.0 Å². The average Bonchev–Trinajstić information content (AvgIpc) is 2.32. The lowest BCUT2D eigenvalue weighted by atomic mass is 10.2. The van der Waals surface area contributed by atoms with E-state index in [1.807, 2.05) is 0 Å². The Morgan fingerprint density at radius 2 is 2.00 bits per heavy atom. The van der Waals surface area contributed by atoms with Gasteiger partial charge in [0.05, 0.1) is 11.9 Å². The molecule has 2 aromatic rings. The maximum absolute atomic E-state index is 13.3. The fourth-order valence-electron chi connectivity index (χ4n) is 1.37. The van der Waals surface area contributed by atoms with Crippen molar-refractivity contribution in [1.82, 2.24) is 9.97 Å². The first-order valence-corrected chi connectivity index (χ1v) is 6.72. The van der Waals surface area contributed by atoms with Crippen molar-refractivity contribution in [1.29, 1.82) is 0 Å². The summed E-state index contributed by atoms with van der Waals surface area (Å²) in [5.74, 6) is -0.896. The zero-order chi connectivity index (χ0) is 13.0. The summed E-state index contributed by atoms with van der Waals surface area (Å²) in [6.07, 6.45) is 4.06. The van der Waals surface area contributed by atoms with E-state index in [4.69, 9.17) is 0 Å². The van der Waals surface area contributed by atoms with Gasteiger partial charge in [-0.05, 0) is 6.07 Å². The third-order valence-corrected chi connectivity index (χ3v) is 3.34. The molecule has 0 aliphatic carbocycles. The molecule has 1 heterocycles. The Labute approximate surface area is 104 Å².